The van der Waals surface area contributed by atoms with Crippen molar-refractivity contribution < 1.29 is 22.7 Å². The van der Waals surface area contributed by atoms with Gasteiger partial charge >= 0.3 is 5.97 Å². The summed E-state index contributed by atoms with van der Waals surface area (Å²) in [5.74, 6) is -0.129. The predicted molar refractivity (Wildman–Crippen MR) is 96.8 cm³/mol. The van der Waals surface area contributed by atoms with Gasteiger partial charge in [-0.3, -0.25) is 0 Å². The summed E-state index contributed by atoms with van der Waals surface area (Å²) in [4.78, 5) is 12.1. The van der Waals surface area contributed by atoms with Crippen molar-refractivity contribution in [3.05, 3.63) is 58.6 Å². The van der Waals surface area contributed by atoms with E-state index in [0.717, 1.165) is 4.47 Å². The fourth-order valence-electron chi connectivity index (χ4n) is 2.13. The van der Waals surface area contributed by atoms with E-state index in [1.165, 1.54) is 19.2 Å². The third kappa shape index (κ3) is 5.04. The van der Waals surface area contributed by atoms with Crippen molar-refractivity contribution >= 4 is 31.9 Å². The highest BCUT2D eigenvalue weighted by Gasteiger charge is 2.28. The van der Waals surface area contributed by atoms with Gasteiger partial charge in [-0.1, -0.05) is 28.1 Å². The van der Waals surface area contributed by atoms with Crippen LogP contribution >= 0.6 is 15.9 Å². The number of halogens is 1. The summed E-state index contributed by atoms with van der Waals surface area (Å²) in [5, 5.41) is 0. The second-order valence-electron chi connectivity index (χ2n) is 5.03. The van der Waals surface area contributed by atoms with Gasteiger partial charge < -0.3 is 9.47 Å². The normalized spacial score (nSPS) is 12.4. The fourth-order valence-corrected chi connectivity index (χ4v) is 3.57. The first-order chi connectivity index (χ1) is 11.9. The molecular formula is C17H18BrNO5S. The summed E-state index contributed by atoms with van der Waals surface area (Å²) >= 11 is 3.30. The van der Waals surface area contributed by atoms with E-state index in [-0.39, 0.29) is 4.90 Å². The van der Waals surface area contributed by atoms with Crippen molar-refractivity contribution in [3.63, 3.8) is 0 Å². The van der Waals surface area contributed by atoms with E-state index in [9.17, 15) is 13.2 Å². The molecule has 2 rings (SSSR count). The quantitative estimate of drug-likeness (QED) is 0.686. The van der Waals surface area contributed by atoms with Crippen molar-refractivity contribution in [1.82, 2.24) is 4.72 Å². The van der Waals surface area contributed by atoms with Crippen LogP contribution < -0.4 is 9.46 Å². The summed E-state index contributed by atoms with van der Waals surface area (Å²) < 4.78 is 38.4. The standard InChI is InChI=1S/C17H18BrNO5S/c1-3-24-14-8-10-15(11-9-14)25(21,22)19-16(17(20)23-2)12-4-6-13(18)7-5-12/h4-11,16,19H,3H2,1-2H3. The maximum absolute atomic E-state index is 12.6. The minimum atomic E-state index is -3.92. The molecule has 0 saturated carbocycles. The monoisotopic (exact) mass is 427 g/mol. The van der Waals surface area contributed by atoms with Crippen LogP contribution in [0, 0.1) is 0 Å². The number of ether oxygens (including phenoxy) is 2. The lowest BCUT2D eigenvalue weighted by atomic mass is 10.1. The molecule has 0 amide bonds. The molecule has 0 spiro atoms. The Labute approximate surface area is 155 Å². The molecule has 0 heterocycles. The van der Waals surface area contributed by atoms with Gasteiger partial charge in [0.05, 0.1) is 18.6 Å². The third-order valence-corrected chi connectivity index (χ3v) is 5.33. The molecule has 25 heavy (non-hydrogen) atoms. The zero-order chi connectivity index (χ0) is 18.4. The summed E-state index contributed by atoms with van der Waals surface area (Å²) in [5.41, 5.74) is 0.476. The lowest BCUT2D eigenvalue weighted by Crippen LogP contribution is -2.34. The first-order valence-corrected chi connectivity index (χ1v) is 9.73. The zero-order valence-corrected chi connectivity index (χ0v) is 16.1. The Morgan fingerprint density at radius 2 is 1.72 bits per heavy atom. The number of rotatable bonds is 7. The van der Waals surface area contributed by atoms with Crippen LogP contribution in [-0.4, -0.2) is 28.1 Å². The molecule has 2 aromatic carbocycles. The maximum Gasteiger partial charge on any atom is 0.328 e. The summed E-state index contributed by atoms with van der Waals surface area (Å²) in [6, 6.07) is 11.5. The van der Waals surface area contributed by atoms with Gasteiger partial charge in [0.1, 0.15) is 11.8 Å². The number of hydrogen-bond acceptors (Lipinski definition) is 5. The Kier molecular flexibility index (Phi) is 6.57. The summed E-state index contributed by atoms with van der Waals surface area (Å²) in [6.07, 6.45) is 0. The smallest absolute Gasteiger partial charge is 0.328 e. The molecule has 1 unspecified atom stereocenters. The second-order valence-corrected chi connectivity index (χ2v) is 7.66. The van der Waals surface area contributed by atoms with Crippen molar-refractivity contribution in [2.24, 2.45) is 0 Å². The van der Waals surface area contributed by atoms with Crippen LogP contribution in [0.1, 0.15) is 18.5 Å². The summed E-state index contributed by atoms with van der Waals surface area (Å²) in [7, 11) is -2.71. The molecule has 0 aliphatic heterocycles. The van der Waals surface area contributed by atoms with Crippen LogP contribution in [0.25, 0.3) is 0 Å². The van der Waals surface area contributed by atoms with Gasteiger partial charge in [-0.05, 0) is 48.9 Å². The van der Waals surface area contributed by atoms with Gasteiger partial charge in [-0.15, -0.1) is 0 Å². The fraction of sp³-hybridized carbons (Fsp3) is 0.235. The molecule has 8 heteroatoms. The first kappa shape index (κ1) is 19.4. The van der Waals surface area contributed by atoms with E-state index in [4.69, 9.17) is 9.47 Å². The molecular weight excluding hydrogens is 410 g/mol. The van der Waals surface area contributed by atoms with E-state index >= 15 is 0 Å². The SMILES string of the molecule is CCOc1ccc(S(=O)(=O)NC(C(=O)OC)c2ccc(Br)cc2)cc1. The molecule has 0 radical (unpaired) electrons. The molecule has 0 aromatic heterocycles. The van der Waals surface area contributed by atoms with E-state index in [2.05, 4.69) is 20.7 Å². The molecule has 1 atom stereocenters. The van der Waals surface area contributed by atoms with Crippen LogP contribution in [0.3, 0.4) is 0 Å². The molecule has 0 saturated heterocycles. The van der Waals surface area contributed by atoms with Gasteiger partial charge in [0, 0.05) is 4.47 Å². The summed E-state index contributed by atoms with van der Waals surface area (Å²) in [6.45, 7) is 2.32. The molecule has 0 aliphatic carbocycles. The van der Waals surface area contributed by atoms with Gasteiger partial charge in [-0.2, -0.15) is 4.72 Å². The van der Waals surface area contributed by atoms with Gasteiger partial charge in [0.25, 0.3) is 0 Å². The van der Waals surface area contributed by atoms with Crippen LogP contribution in [0.15, 0.2) is 57.9 Å². The number of methoxy groups -OCH3 is 1. The van der Waals surface area contributed by atoms with Crippen LogP contribution in [-0.2, 0) is 19.6 Å². The molecule has 0 fully saturated rings. The van der Waals surface area contributed by atoms with Crippen molar-refractivity contribution in [3.8, 4) is 5.75 Å². The Morgan fingerprint density at radius 3 is 2.24 bits per heavy atom. The Hall–Kier alpha value is -1.90. The lowest BCUT2D eigenvalue weighted by Gasteiger charge is -2.17. The number of benzene rings is 2. The predicted octanol–water partition coefficient (Wildman–Crippen LogP) is 3.04. The average molecular weight is 428 g/mol. The van der Waals surface area contributed by atoms with E-state index in [1.54, 1.807) is 36.4 Å². The minimum Gasteiger partial charge on any atom is -0.494 e. The molecule has 0 aliphatic rings. The van der Waals surface area contributed by atoms with Gasteiger partial charge in [0.2, 0.25) is 10.0 Å². The van der Waals surface area contributed by atoms with Gasteiger partial charge in [-0.25, -0.2) is 13.2 Å². The maximum atomic E-state index is 12.6. The molecule has 2 aromatic rings. The van der Waals surface area contributed by atoms with Gasteiger partial charge in [0.15, 0.2) is 0 Å². The van der Waals surface area contributed by atoms with E-state index in [0.29, 0.717) is 17.9 Å². The lowest BCUT2D eigenvalue weighted by molar-refractivity contribution is -0.142. The van der Waals surface area contributed by atoms with Crippen molar-refractivity contribution in [2.75, 3.05) is 13.7 Å². The molecule has 0 bridgehead atoms. The van der Waals surface area contributed by atoms with Crippen molar-refractivity contribution in [1.29, 1.82) is 0 Å². The Bertz CT molecular complexity index is 819. The number of hydrogen-bond donors (Lipinski definition) is 1. The molecule has 134 valence electrons. The molecule has 1 N–H and O–H groups in total. The zero-order valence-electron chi connectivity index (χ0n) is 13.7. The molecule has 6 nitrogen and oxygen atoms in total. The largest absolute Gasteiger partial charge is 0.494 e. The number of carbonyl (C=O) groups is 1. The first-order valence-electron chi connectivity index (χ1n) is 7.46. The number of esters is 1. The third-order valence-electron chi connectivity index (χ3n) is 3.36. The highest BCUT2D eigenvalue weighted by molar-refractivity contribution is 9.10. The number of carbonyl (C=O) groups excluding carboxylic acids is 1. The topological polar surface area (TPSA) is 81.7 Å². The van der Waals surface area contributed by atoms with E-state index < -0.39 is 22.0 Å². The highest BCUT2D eigenvalue weighted by atomic mass is 79.9. The minimum absolute atomic E-state index is 0.0296. The second kappa shape index (κ2) is 8.46. The van der Waals surface area contributed by atoms with Crippen molar-refractivity contribution in [2.45, 2.75) is 17.9 Å². The Morgan fingerprint density at radius 1 is 1.12 bits per heavy atom. The van der Waals surface area contributed by atoms with Crippen LogP contribution in [0.4, 0.5) is 0 Å². The highest BCUT2D eigenvalue weighted by Crippen LogP contribution is 2.22. The number of nitrogens with one attached hydrogen (secondary N) is 1. The van der Waals surface area contributed by atoms with E-state index in [1.807, 2.05) is 6.92 Å². The van der Waals surface area contributed by atoms with Crippen LogP contribution in [0.5, 0.6) is 5.75 Å². The number of sulfonamides is 1. The Balaban J connectivity index is 2.30. The average Bonchev–Trinajstić information content (AvgIpc) is 2.61. The van der Waals surface area contributed by atoms with Crippen LogP contribution in [0.2, 0.25) is 0 Å².